The summed E-state index contributed by atoms with van der Waals surface area (Å²) in [5.74, 6) is 4.93. The van der Waals surface area contributed by atoms with Crippen LogP contribution >= 0.6 is 0 Å². The van der Waals surface area contributed by atoms with Gasteiger partial charge in [-0.25, -0.2) is 5.90 Å². The third-order valence-electron chi connectivity index (χ3n) is 1.30. The molecule has 1 aromatic carbocycles. The molecule has 4 heteroatoms. The molecule has 0 fully saturated rings. The first-order chi connectivity index (χ1) is 5.24. The normalized spacial score (nSPS) is 9.91. The molecule has 0 amide bonds. The fourth-order valence-corrected chi connectivity index (χ4v) is 0.777. The van der Waals surface area contributed by atoms with E-state index in [-0.39, 0.29) is 18.1 Å². The number of hydrogen-bond acceptors (Lipinski definition) is 4. The van der Waals surface area contributed by atoms with Crippen LogP contribution in [-0.2, 0) is 11.4 Å². The number of rotatable bonds is 2. The molecule has 0 spiro atoms. The molecule has 1 rings (SSSR count). The first-order valence-electron chi connectivity index (χ1n) is 3.06. The number of hydrogen-bond donors (Lipinski definition) is 3. The molecule has 0 aliphatic carbocycles. The standard InChI is InChI=1S/C7H9NO3/c8-11-4-5-3-6(9)1-2-7(5)10/h1-3,9-10H,4,8H2. The molecule has 0 aromatic heterocycles. The van der Waals surface area contributed by atoms with Crippen molar-refractivity contribution in [2.45, 2.75) is 6.61 Å². The van der Waals surface area contributed by atoms with Gasteiger partial charge >= 0.3 is 0 Å². The molecule has 0 bridgehead atoms. The van der Waals surface area contributed by atoms with Crippen LogP contribution in [0.4, 0.5) is 0 Å². The smallest absolute Gasteiger partial charge is 0.121 e. The van der Waals surface area contributed by atoms with Crippen molar-refractivity contribution in [1.29, 1.82) is 0 Å². The van der Waals surface area contributed by atoms with Crippen LogP contribution < -0.4 is 5.90 Å². The van der Waals surface area contributed by atoms with Gasteiger partial charge in [0.1, 0.15) is 11.5 Å². The van der Waals surface area contributed by atoms with Crippen LogP contribution in [-0.4, -0.2) is 10.2 Å². The Labute approximate surface area is 63.8 Å². The molecule has 60 valence electrons. The average Bonchev–Trinajstić information content (AvgIpc) is 1.98. The van der Waals surface area contributed by atoms with Gasteiger partial charge in [0, 0.05) is 5.56 Å². The van der Waals surface area contributed by atoms with Crippen LogP contribution in [0.3, 0.4) is 0 Å². The zero-order chi connectivity index (χ0) is 8.27. The monoisotopic (exact) mass is 155 g/mol. The number of aromatic hydroxyl groups is 2. The third kappa shape index (κ3) is 1.83. The van der Waals surface area contributed by atoms with E-state index in [1.807, 2.05) is 0 Å². The van der Waals surface area contributed by atoms with Crippen molar-refractivity contribution in [3.63, 3.8) is 0 Å². The second-order valence-electron chi connectivity index (χ2n) is 2.12. The van der Waals surface area contributed by atoms with Crippen molar-refractivity contribution in [2.24, 2.45) is 5.90 Å². The number of nitrogens with two attached hydrogens (primary N) is 1. The number of phenols is 2. The van der Waals surface area contributed by atoms with Gasteiger partial charge in [-0.15, -0.1) is 0 Å². The largest absolute Gasteiger partial charge is 0.508 e. The van der Waals surface area contributed by atoms with Gasteiger partial charge in [0.25, 0.3) is 0 Å². The second-order valence-corrected chi connectivity index (χ2v) is 2.12. The van der Waals surface area contributed by atoms with E-state index in [1.54, 1.807) is 0 Å². The first-order valence-corrected chi connectivity index (χ1v) is 3.06. The summed E-state index contributed by atoms with van der Waals surface area (Å²) < 4.78 is 0. The maximum absolute atomic E-state index is 9.12. The van der Waals surface area contributed by atoms with Crippen LogP contribution in [0.5, 0.6) is 11.5 Å². The van der Waals surface area contributed by atoms with Crippen molar-refractivity contribution in [1.82, 2.24) is 0 Å². The lowest BCUT2D eigenvalue weighted by Crippen LogP contribution is -1.98. The lowest BCUT2D eigenvalue weighted by atomic mass is 10.2. The molecule has 0 atom stereocenters. The van der Waals surface area contributed by atoms with Crippen LogP contribution in [0.25, 0.3) is 0 Å². The van der Waals surface area contributed by atoms with Gasteiger partial charge in [-0.05, 0) is 18.2 Å². The Morgan fingerprint density at radius 1 is 1.36 bits per heavy atom. The first kappa shape index (κ1) is 7.84. The van der Waals surface area contributed by atoms with Gasteiger partial charge in [0.2, 0.25) is 0 Å². The van der Waals surface area contributed by atoms with Crippen molar-refractivity contribution < 1.29 is 15.1 Å². The fraction of sp³-hybridized carbons (Fsp3) is 0.143. The highest BCUT2D eigenvalue weighted by Crippen LogP contribution is 2.21. The van der Waals surface area contributed by atoms with Crippen molar-refractivity contribution >= 4 is 0 Å². The zero-order valence-electron chi connectivity index (χ0n) is 5.82. The molecular formula is C7H9NO3. The maximum atomic E-state index is 9.12. The summed E-state index contributed by atoms with van der Waals surface area (Å²) >= 11 is 0. The van der Waals surface area contributed by atoms with Crippen molar-refractivity contribution in [2.75, 3.05) is 0 Å². The van der Waals surface area contributed by atoms with Gasteiger partial charge in [0.05, 0.1) is 6.61 Å². The molecule has 0 saturated heterocycles. The predicted molar refractivity (Wildman–Crippen MR) is 38.7 cm³/mol. The number of benzene rings is 1. The van der Waals surface area contributed by atoms with Gasteiger partial charge in [0.15, 0.2) is 0 Å². The minimum absolute atomic E-state index is 0.0632. The van der Waals surface area contributed by atoms with Crippen molar-refractivity contribution in [3.05, 3.63) is 23.8 Å². The third-order valence-corrected chi connectivity index (χ3v) is 1.30. The Morgan fingerprint density at radius 3 is 2.73 bits per heavy atom. The van der Waals surface area contributed by atoms with E-state index < -0.39 is 0 Å². The van der Waals surface area contributed by atoms with Crippen LogP contribution in [0.15, 0.2) is 18.2 Å². The molecule has 0 heterocycles. The Bertz CT molecular complexity index is 249. The Hall–Kier alpha value is -1.26. The van der Waals surface area contributed by atoms with E-state index in [4.69, 9.17) is 16.1 Å². The molecule has 0 aliphatic rings. The van der Waals surface area contributed by atoms with Gasteiger partial charge in [-0.2, -0.15) is 0 Å². The van der Waals surface area contributed by atoms with Gasteiger partial charge in [-0.3, -0.25) is 4.84 Å². The molecule has 4 N–H and O–H groups in total. The summed E-state index contributed by atoms with van der Waals surface area (Å²) in [6, 6.07) is 4.15. The van der Waals surface area contributed by atoms with Crippen LogP contribution in [0.2, 0.25) is 0 Å². The molecule has 0 radical (unpaired) electrons. The summed E-state index contributed by atoms with van der Waals surface area (Å²) in [7, 11) is 0. The summed E-state index contributed by atoms with van der Waals surface area (Å²) in [5.41, 5.74) is 0.465. The van der Waals surface area contributed by atoms with E-state index in [2.05, 4.69) is 4.84 Å². The lowest BCUT2D eigenvalue weighted by molar-refractivity contribution is 0.122. The van der Waals surface area contributed by atoms with E-state index in [1.165, 1.54) is 18.2 Å². The SMILES string of the molecule is NOCc1cc(O)ccc1O. The van der Waals surface area contributed by atoms with Crippen LogP contribution in [0, 0.1) is 0 Å². The molecule has 0 aliphatic heterocycles. The van der Waals surface area contributed by atoms with Crippen molar-refractivity contribution in [3.8, 4) is 11.5 Å². The highest BCUT2D eigenvalue weighted by atomic mass is 16.6. The van der Waals surface area contributed by atoms with Crippen LogP contribution in [0.1, 0.15) is 5.56 Å². The Kier molecular flexibility index (Phi) is 2.30. The number of phenolic OH excluding ortho intramolecular Hbond substituents is 2. The minimum atomic E-state index is 0.0632. The summed E-state index contributed by atoms with van der Waals surface area (Å²) in [5, 5.41) is 18.1. The van der Waals surface area contributed by atoms with E-state index in [9.17, 15) is 0 Å². The molecule has 4 nitrogen and oxygen atoms in total. The molecule has 1 aromatic rings. The topological polar surface area (TPSA) is 75.7 Å². The van der Waals surface area contributed by atoms with E-state index in [0.29, 0.717) is 5.56 Å². The summed E-state index contributed by atoms with van der Waals surface area (Å²) in [4.78, 5) is 4.29. The Morgan fingerprint density at radius 2 is 2.09 bits per heavy atom. The van der Waals surface area contributed by atoms with E-state index >= 15 is 0 Å². The maximum Gasteiger partial charge on any atom is 0.121 e. The predicted octanol–water partition coefficient (Wildman–Crippen LogP) is 0.488. The fourth-order valence-electron chi connectivity index (χ4n) is 0.777. The minimum Gasteiger partial charge on any atom is -0.508 e. The average molecular weight is 155 g/mol. The quantitative estimate of drug-likeness (QED) is 0.429. The summed E-state index contributed by atoms with van der Waals surface area (Å²) in [6.07, 6.45) is 0. The van der Waals surface area contributed by atoms with E-state index in [0.717, 1.165) is 0 Å². The summed E-state index contributed by atoms with van der Waals surface area (Å²) in [6.45, 7) is 0.0836. The molecule has 11 heavy (non-hydrogen) atoms. The molecule has 0 saturated carbocycles. The molecular weight excluding hydrogens is 146 g/mol. The second kappa shape index (κ2) is 3.23. The Balaban J connectivity index is 2.93. The highest BCUT2D eigenvalue weighted by molar-refractivity contribution is 5.37. The zero-order valence-corrected chi connectivity index (χ0v) is 5.82. The molecule has 0 unspecified atom stereocenters. The van der Waals surface area contributed by atoms with Gasteiger partial charge in [-0.1, -0.05) is 0 Å². The highest BCUT2D eigenvalue weighted by Gasteiger charge is 2.00. The lowest BCUT2D eigenvalue weighted by Gasteiger charge is -2.02. The van der Waals surface area contributed by atoms with Gasteiger partial charge < -0.3 is 10.2 Å².